The number of carboxylic acid groups (broad SMARTS) is 1. The summed E-state index contributed by atoms with van der Waals surface area (Å²) in [6, 6.07) is 19.9. The molecule has 2 aromatic carbocycles. The molecule has 0 bridgehead atoms. The zero-order valence-corrected chi connectivity index (χ0v) is 20.3. The Morgan fingerprint density at radius 1 is 1.03 bits per heavy atom. The van der Waals surface area contributed by atoms with Crippen molar-refractivity contribution < 1.29 is 27.8 Å². The largest absolute Gasteiger partial charge is 0.494 e. The van der Waals surface area contributed by atoms with Gasteiger partial charge in [0.2, 0.25) is 0 Å². The van der Waals surface area contributed by atoms with Crippen molar-refractivity contribution in [3.63, 3.8) is 0 Å². The van der Waals surface area contributed by atoms with Crippen LogP contribution < -0.4 is 4.74 Å². The number of nitrogens with one attached hydrogen (secondary N) is 1. The lowest BCUT2D eigenvalue weighted by Crippen LogP contribution is -2.09. The van der Waals surface area contributed by atoms with Crippen LogP contribution in [0.3, 0.4) is 0 Å². The van der Waals surface area contributed by atoms with Crippen LogP contribution in [0.2, 0.25) is 0 Å². The van der Waals surface area contributed by atoms with Crippen LogP contribution in [0.15, 0.2) is 79.3 Å². The van der Waals surface area contributed by atoms with Gasteiger partial charge in [0.05, 0.1) is 24.1 Å². The Labute approximate surface area is 213 Å². The van der Waals surface area contributed by atoms with E-state index < -0.39 is 18.6 Å². The number of aromatic nitrogens is 3. The molecule has 4 aromatic rings. The smallest absolute Gasteiger partial charge is 0.389 e. The molecule has 9 heteroatoms. The van der Waals surface area contributed by atoms with Crippen LogP contribution in [-0.2, 0) is 12.8 Å². The highest BCUT2D eigenvalue weighted by atomic mass is 19.4. The molecule has 2 heterocycles. The lowest BCUT2D eigenvalue weighted by molar-refractivity contribution is -0.136. The summed E-state index contributed by atoms with van der Waals surface area (Å²) in [5.41, 5.74) is 5.79. The Morgan fingerprint density at radius 3 is 2.41 bits per heavy atom. The SMILES string of the molecule is Cc1cc(OCCCC(F)(F)F)ccc1CCc1ccccc1-c1ccccn1.O=C(O)c1cn[nH]c1. The van der Waals surface area contributed by atoms with Crippen molar-refractivity contribution in [2.75, 3.05) is 6.61 Å². The molecule has 0 aliphatic carbocycles. The van der Waals surface area contributed by atoms with Crippen LogP contribution in [0.25, 0.3) is 11.3 Å². The van der Waals surface area contributed by atoms with Crippen LogP contribution in [0.5, 0.6) is 5.75 Å². The molecule has 2 aromatic heterocycles. The van der Waals surface area contributed by atoms with Gasteiger partial charge in [0.1, 0.15) is 5.75 Å². The number of hydrogen-bond acceptors (Lipinski definition) is 4. The van der Waals surface area contributed by atoms with Gasteiger partial charge in [-0.25, -0.2) is 4.79 Å². The summed E-state index contributed by atoms with van der Waals surface area (Å²) in [7, 11) is 0. The summed E-state index contributed by atoms with van der Waals surface area (Å²) in [5.74, 6) is -0.346. The van der Waals surface area contributed by atoms with Crippen molar-refractivity contribution in [2.45, 2.75) is 38.8 Å². The van der Waals surface area contributed by atoms with Crippen LogP contribution >= 0.6 is 0 Å². The first-order chi connectivity index (χ1) is 17.7. The van der Waals surface area contributed by atoms with E-state index in [9.17, 15) is 18.0 Å². The van der Waals surface area contributed by atoms with Crippen LogP contribution in [-0.4, -0.2) is 39.0 Å². The second-order valence-electron chi connectivity index (χ2n) is 8.32. The molecule has 0 saturated heterocycles. The molecule has 6 nitrogen and oxygen atoms in total. The Hall–Kier alpha value is -4.14. The summed E-state index contributed by atoms with van der Waals surface area (Å²) in [6.45, 7) is 2.07. The molecule has 4 rings (SSSR count). The molecular formula is C28H28F3N3O3. The maximum Gasteiger partial charge on any atom is 0.389 e. The number of rotatable bonds is 9. The Bertz CT molecular complexity index is 1260. The van der Waals surface area contributed by atoms with Gasteiger partial charge in [-0.2, -0.15) is 18.3 Å². The average molecular weight is 512 g/mol. The summed E-state index contributed by atoms with van der Waals surface area (Å²) in [6.07, 6.45) is 1.13. The third-order valence-corrected chi connectivity index (χ3v) is 5.55. The lowest BCUT2D eigenvalue weighted by atomic mass is 9.96. The number of carboxylic acids is 1. The predicted octanol–water partition coefficient (Wildman–Crippen LogP) is 6.67. The normalized spacial score (nSPS) is 10.9. The number of halogens is 3. The van der Waals surface area contributed by atoms with Gasteiger partial charge < -0.3 is 9.84 Å². The number of alkyl halides is 3. The van der Waals surface area contributed by atoms with Crippen molar-refractivity contribution >= 4 is 5.97 Å². The highest BCUT2D eigenvalue weighted by molar-refractivity contribution is 5.86. The van der Waals surface area contributed by atoms with Gasteiger partial charge in [-0.15, -0.1) is 0 Å². The third kappa shape index (κ3) is 9.10. The number of hydrogen-bond donors (Lipinski definition) is 2. The number of nitrogens with zero attached hydrogens (tertiary/aromatic N) is 2. The van der Waals surface area contributed by atoms with Crippen molar-refractivity contribution in [3.05, 3.63) is 102 Å². The number of carbonyl (C=O) groups is 1. The van der Waals surface area contributed by atoms with Gasteiger partial charge in [0.15, 0.2) is 0 Å². The average Bonchev–Trinajstić information content (AvgIpc) is 3.42. The van der Waals surface area contributed by atoms with E-state index in [0.717, 1.165) is 29.7 Å². The van der Waals surface area contributed by atoms with Crippen molar-refractivity contribution in [1.29, 1.82) is 0 Å². The van der Waals surface area contributed by atoms with Gasteiger partial charge in [-0.05, 0) is 67.1 Å². The van der Waals surface area contributed by atoms with Crippen LogP contribution in [0, 0.1) is 6.92 Å². The second-order valence-corrected chi connectivity index (χ2v) is 8.32. The maximum absolute atomic E-state index is 12.2. The highest BCUT2D eigenvalue weighted by Gasteiger charge is 2.26. The van der Waals surface area contributed by atoms with Gasteiger partial charge in [0.25, 0.3) is 0 Å². The first-order valence-corrected chi connectivity index (χ1v) is 11.7. The standard InChI is InChI=1S/C24H24F3NO.C4H4N2O2/c1-18-17-21(29-16-6-14-24(25,26)27)13-12-19(18)10-11-20-7-2-3-8-22(20)23-9-4-5-15-28-23;7-4(8)3-1-5-6-2-3/h2-5,7-9,12-13,15,17H,6,10-11,14,16H2,1H3;1-2H,(H,5,6)(H,7,8). The topological polar surface area (TPSA) is 88.1 Å². The zero-order chi connectivity index (χ0) is 26.7. The minimum atomic E-state index is -4.13. The van der Waals surface area contributed by atoms with E-state index in [2.05, 4.69) is 27.3 Å². The van der Waals surface area contributed by atoms with Crippen LogP contribution in [0.4, 0.5) is 13.2 Å². The molecule has 194 valence electrons. The zero-order valence-electron chi connectivity index (χ0n) is 20.3. The molecule has 37 heavy (non-hydrogen) atoms. The fourth-order valence-electron chi connectivity index (χ4n) is 3.65. The first-order valence-electron chi connectivity index (χ1n) is 11.7. The molecule has 0 aliphatic heterocycles. The van der Waals surface area contributed by atoms with Crippen molar-refractivity contribution in [3.8, 4) is 17.0 Å². The second kappa shape index (κ2) is 13.2. The molecule has 2 N–H and O–H groups in total. The summed E-state index contributed by atoms with van der Waals surface area (Å²) in [5, 5.41) is 14.0. The number of aromatic amines is 1. The van der Waals surface area contributed by atoms with E-state index in [4.69, 9.17) is 9.84 Å². The number of benzene rings is 2. The molecule has 0 atom stereocenters. The fourth-order valence-corrected chi connectivity index (χ4v) is 3.65. The molecule has 0 amide bonds. The summed E-state index contributed by atoms with van der Waals surface area (Å²) in [4.78, 5) is 14.5. The van der Waals surface area contributed by atoms with Gasteiger partial charge in [-0.3, -0.25) is 10.1 Å². The molecular weight excluding hydrogens is 483 g/mol. The first kappa shape index (κ1) is 27.4. The highest BCUT2D eigenvalue weighted by Crippen LogP contribution is 2.25. The molecule has 0 saturated carbocycles. The number of aryl methyl sites for hydroxylation is 3. The van der Waals surface area contributed by atoms with Gasteiger partial charge >= 0.3 is 12.1 Å². The fraction of sp³-hybridized carbons (Fsp3) is 0.250. The number of ether oxygens (including phenoxy) is 1. The molecule has 0 spiro atoms. The summed E-state index contributed by atoms with van der Waals surface area (Å²) < 4.78 is 42.1. The molecule has 0 radical (unpaired) electrons. The van der Waals surface area contributed by atoms with Gasteiger partial charge in [0, 0.05) is 24.4 Å². The number of H-pyrrole nitrogens is 1. The van der Waals surface area contributed by atoms with E-state index in [1.807, 2.05) is 55.5 Å². The molecule has 0 aliphatic rings. The van der Waals surface area contributed by atoms with E-state index >= 15 is 0 Å². The number of pyridine rings is 1. The predicted molar refractivity (Wildman–Crippen MR) is 135 cm³/mol. The summed E-state index contributed by atoms with van der Waals surface area (Å²) >= 11 is 0. The molecule has 0 fully saturated rings. The minimum Gasteiger partial charge on any atom is -0.494 e. The quantitative estimate of drug-likeness (QED) is 0.245. The van der Waals surface area contributed by atoms with Crippen molar-refractivity contribution in [1.82, 2.24) is 15.2 Å². The van der Waals surface area contributed by atoms with E-state index in [0.29, 0.717) is 5.75 Å². The van der Waals surface area contributed by atoms with Crippen molar-refractivity contribution in [2.24, 2.45) is 0 Å². The van der Waals surface area contributed by atoms with E-state index in [-0.39, 0.29) is 18.6 Å². The number of aromatic carboxylic acids is 1. The van der Waals surface area contributed by atoms with E-state index in [1.165, 1.54) is 23.5 Å². The lowest BCUT2D eigenvalue weighted by Gasteiger charge is -2.12. The Balaban J connectivity index is 0.000000405. The van der Waals surface area contributed by atoms with Crippen LogP contribution in [0.1, 0.15) is 39.9 Å². The third-order valence-electron chi connectivity index (χ3n) is 5.55. The Morgan fingerprint density at radius 2 is 1.78 bits per heavy atom. The monoisotopic (exact) mass is 511 g/mol. The molecule has 0 unspecified atom stereocenters. The maximum atomic E-state index is 12.2. The minimum absolute atomic E-state index is 0.0331. The van der Waals surface area contributed by atoms with Gasteiger partial charge in [-0.1, -0.05) is 36.4 Å². The van der Waals surface area contributed by atoms with E-state index in [1.54, 1.807) is 6.20 Å². The Kier molecular flexibility index (Phi) is 9.83.